The highest BCUT2D eigenvalue weighted by Gasteiger charge is 2.45. The number of hydrogen-bond acceptors (Lipinski definition) is 2. The lowest BCUT2D eigenvalue weighted by Crippen LogP contribution is -2.56. The first kappa shape index (κ1) is 24.8. The van der Waals surface area contributed by atoms with Crippen LogP contribution in [0.3, 0.4) is 0 Å². The number of rotatable bonds is 4. The number of benzene rings is 1. The highest BCUT2D eigenvalue weighted by atomic mass is 79.9. The van der Waals surface area contributed by atoms with Crippen LogP contribution in [0, 0.1) is 0 Å². The van der Waals surface area contributed by atoms with E-state index in [9.17, 15) is 4.79 Å². The standard InChI is InChI=1S/C26H41BrN4OSi/c1-9-30(10-2)25(32)28-17-14-19-18-12-11-13-21-23(18)20(15-22(19)29(6)16-17)24(27)31(21)33(7,8)26(3,4)5/h11-13,17,19,22H,9-10,14-16H2,1-8H3,(H,28,32)/t17-,19?,22+/m0/s1. The molecule has 7 heteroatoms. The fourth-order valence-corrected chi connectivity index (χ4v) is 9.81. The molecule has 1 unspecified atom stereocenters. The molecule has 0 radical (unpaired) electrons. The molecule has 1 aliphatic heterocycles. The van der Waals surface area contributed by atoms with Crippen molar-refractivity contribution in [1.82, 2.24) is 19.3 Å². The highest BCUT2D eigenvalue weighted by Crippen LogP contribution is 2.49. The van der Waals surface area contributed by atoms with Crippen LogP contribution in [0.25, 0.3) is 10.9 Å². The van der Waals surface area contributed by atoms with Crippen LogP contribution < -0.4 is 5.32 Å². The Morgan fingerprint density at radius 3 is 2.52 bits per heavy atom. The second-order valence-corrected chi connectivity index (χ2v) is 17.3. The average molecular weight is 534 g/mol. The second-order valence-electron chi connectivity index (χ2n) is 11.5. The maximum Gasteiger partial charge on any atom is 0.317 e. The van der Waals surface area contributed by atoms with Gasteiger partial charge in [-0.15, -0.1) is 0 Å². The summed E-state index contributed by atoms with van der Waals surface area (Å²) in [7, 11) is 0.424. The number of carbonyl (C=O) groups excluding carboxylic acids is 1. The van der Waals surface area contributed by atoms with Crippen LogP contribution in [0.1, 0.15) is 58.1 Å². The zero-order valence-corrected chi connectivity index (χ0v) is 24.2. The first-order valence-corrected chi connectivity index (χ1v) is 16.2. The van der Waals surface area contributed by atoms with Crippen molar-refractivity contribution in [2.45, 2.75) is 83.6 Å². The van der Waals surface area contributed by atoms with Crippen LogP contribution in [-0.2, 0) is 6.42 Å². The minimum atomic E-state index is -1.81. The van der Waals surface area contributed by atoms with Crippen molar-refractivity contribution in [3.63, 3.8) is 0 Å². The topological polar surface area (TPSA) is 40.5 Å². The van der Waals surface area contributed by atoms with Gasteiger partial charge in [0.25, 0.3) is 0 Å². The van der Waals surface area contributed by atoms with Gasteiger partial charge < -0.3 is 19.3 Å². The number of nitrogens with zero attached hydrogens (tertiary/aromatic N) is 3. The minimum Gasteiger partial charge on any atom is -0.362 e. The number of carbonyl (C=O) groups is 1. The smallest absolute Gasteiger partial charge is 0.317 e. The van der Waals surface area contributed by atoms with Crippen molar-refractivity contribution < 1.29 is 4.79 Å². The van der Waals surface area contributed by atoms with E-state index in [1.165, 1.54) is 26.6 Å². The fraction of sp³-hybridized carbons (Fsp3) is 0.654. The van der Waals surface area contributed by atoms with Gasteiger partial charge in [-0.2, -0.15) is 0 Å². The highest BCUT2D eigenvalue weighted by molar-refractivity contribution is 9.10. The maximum absolute atomic E-state index is 12.8. The zero-order valence-electron chi connectivity index (χ0n) is 21.6. The average Bonchev–Trinajstić information content (AvgIpc) is 3.02. The summed E-state index contributed by atoms with van der Waals surface area (Å²) < 4.78 is 3.96. The van der Waals surface area contributed by atoms with E-state index < -0.39 is 8.24 Å². The van der Waals surface area contributed by atoms with Crippen LogP contribution in [0.2, 0.25) is 18.1 Å². The lowest BCUT2D eigenvalue weighted by Gasteiger charge is -2.46. The lowest BCUT2D eigenvalue weighted by molar-refractivity contribution is 0.124. The number of fused-ring (bicyclic) bond motifs is 2. The predicted molar refractivity (Wildman–Crippen MR) is 145 cm³/mol. The van der Waals surface area contributed by atoms with Crippen LogP contribution in [0.4, 0.5) is 4.79 Å². The molecular formula is C26H41BrN4OSi. The molecule has 2 heterocycles. The number of halogens is 1. The van der Waals surface area contributed by atoms with E-state index in [0.29, 0.717) is 12.0 Å². The van der Waals surface area contributed by atoms with E-state index >= 15 is 0 Å². The van der Waals surface area contributed by atoms with Gasteiger partial charge in [-0.25, -0.2) is 4.79 Å². The van der Waals surface area contributed by atoms with Crippen LogP contribution in [0.5, 0.6) is 0 Å². The molecule has 1 aliphatic carbocycles. The number of nitrogens with one attached hydrogen (secondary N) is 1. The summed E-state index contributed by atoms with van der Waals surface area (Å²) >= 11 is 4.08. The molecule has 0 saturated carbocycles. The Bertz CT molecular complexity index is 1050. The number of urea groups is 1. The van der Waals surface area contributed by atoms with Crippen molar-refractivity contribution in [3.8, 4) is 0 Å². The lowest BCUT2D eigenvalue weighted by atomic mass is 9.74. The van der Waals surface area contributed by atoms with Gasteiger partial charge in [0.15, 0.2) is 8.24 Å². The van der Waals surface area contributed by atoms with Crippen LogP contribution >= 0.6 is 15.9 Å². The monoisotopic (exact) mass is 532 g/mol. The van der Waals surface area contributed by atoms with Gasteiger partial charge >= 0.3 is 6.03 Å². The van der Waals surface area contributed by atoms with Gasteiger partial charge in [-0.3, -0.25) is 0 Å². The molecule has 33 heavy (non-hydrogen) atoms. The fourth-order valence-electron chi connectivity index (χ4n) is 5.84. The Labute approximate surface area is 209 Å². The zero-order chi connectivity index (χ0) is 24.3. The molecule has 1 fully saturated rings. The Morgan fingerprint density at radius 1 is 1.24 bits per heavy atom. The number of hydrogen-bond donors (Lipinski definition) is 1. The summed E-state index contributed by atoms with van der Waals surface area (Å²) in [5.41, 5.74) is 4.33. The number of aromatic nitrogens is 1. The van der Waals surface area contributed by atoms with Crippen molar-refractivity contribution >= 4 is 41.1 Å². The van der Waals surface area contributed by atoms with Gasteiger partial charge in [-0.1, -0.05) is 46.0 Å². The molecule has 2 aromatic rings. The first-order chi connectivity index (χ1) is 15.4. The number of likely N-dealkylation sites (N-methyl/N-ethyl adjacent to an activating group) is 1. The van der Waals surface area contributed by atoms with E-state index in [4.69, 9.17) is 0 Å². The molecular weight excluding hydrogens is 492 g/mol. The van der Waals surface area contributed by atoms with Gasteiger partial charge in [0.2, 0.25) is 0 Å². The quantitative estimate of drug-likeness (QED) is 0.489. The molecule has 0 bridgehead atoms. The first-order valence-electron chi connectivity index (χ1n) is 12.5. The Balaban J connectivity index is 1.76. The maximum atomic E-state index is 12.8. The third-order valence-electron chi connectivity index (χ3n) is 8.73. The molecule has 182 valence electrons. The number of piperidine rings is 1. The van der Waals surface area contributed by atoms with Gasteiger partial charge in [0, 0.05) is 48.5 Å². The van der Waals surface area contributed by atoms with Crippen LogP contribution in [0.15, 0.2) is 22.8 Å². The summed E-state index contributed by atoms with van der Waals surface area (Å²) in [6.07, 6.45) is 2.07. The Hall–Kier alpha value is -1.31. The van der Waals surface area contributed by atoms with Gasteiger partial charge in [0.05, 0.1) is 4.60 Å². The summed E-state index contributed by atoms with van der Waals surface area (Å²) in [6.45, 7) is 18.6. The van der Waals surface area contributed by atoms with Crippen molar-refractivity contribution in [2.24, 2.45) is 0 Å². The van der Waals surface area contributed by atoms with Crippen molar-refractivity contribution in [2.75, 3.05) is 26.7 Å². The third kappa shape index (κ3) is 3.98. The van der Waals surface area contributed by atoms with Crippen molar-refractivity contribution in [1.29, 1.82) is 0 Å². The molecule has 1 N–H and O–H groups in total. The predicted octanol–water partition coefficient (Wildman–Crippen LogP) is 6.02. The van der Waals surface area contributed by atoms with Gasteiger partial charge in [-0.05, 0) is 71.9 Å². The molecule has 3 atom stereocenters. The third-order valence-corrected chi connectivity index (χ3v) is 15.1. The molecule has 4 rings (SSSR count). The number of likely N-dealkylation sites (tertiary alicyclic amines) is 1. The molecule has 1 saturated heterocycles. The second kappa shape index (κ2) is 8.72. The SMILES string of the molecule is CCN(CC)C(=O)N[C@H]1CC2c3cccc4c3c(c(Br)n4[Si](C)(C)C(C)(C)C)C[C@H]2N(C)C1. The largest absolute Gasteiger partial charge is 0.362 e. The molecule has 1 aromatic carbocycles. The molecule has 2 amide bonds. The Morgan fingerprint density at radius 2 is 1.91 bits per heavy atom. The van der Waals surface area contributed by atoms with Gasteiger partial charge in [0.1, 0.15) is 0 Å². The normalized spacial score (nSPS) is 23.5. The van der Waals surface area contributed by atoms with E-state index in [1.54, 1.807) is 0 Å². The molecule has 0 spiro atoms. The molecule has 5 nitrogen and oxygen atoms in total. The Kier molecular flexibility index (Phi) is 6.55. The van der Waals surface area contributed by atoms with Crippen LogP contribution in [-0.4, -0.2) is 67.1 Å². The van der Waals surface area contributed by atoms with E-state index in [2.05, 4.69) is 89.5 Å². The minimum absolute atomic E-state index is 0.0679. The van der Waals surface area contributed by atoms with E-state index in [-0.39, 0.29) is 17.1 Å². The van der Waals surface area contributed by atoms with Crippen molar-refractivity contribution in [3.05, 3.63) is 33.9 Å². The summed E-state index contributed by atoms with van der Waals surface area (Å²) in [5.74, 6) is 0.434. The summed E-state index contributed by atoms with van der Waals surface area (Å²) in [4.78, 5) is 17.1. The van der Waals surface area contributed by atoms with E-state index in [0.717, 1.165) is 32.5 Å². The van der Waals surface area contributed by atoms with E-state index in [1.807, 2.05) is 18.7 Å². The molecule has 2 aliphatic rings. The number of amides is 2. The molecule has 1 aromatic heterocycles. The summed E-state index contributed by atoms with van der Waals surface area (Å²) in [6, 6.07) is 7.62. The summed E-state index contributed by atoms with van der Waals surface area (Å²) in [5, 5.41) is 5.04.